The Morgan fingerprint density at radius 3 is 2.50 bits per heavy atom. The molecule has 0 radical (unpaired) electrons. The summed E-state index contributed by atoms with van der Waals surface area (Å²) in [6, 6.07) is 10.2. The topological polar surface area (TPSA) is 59.8 Å². The van der Waals surface area contributed by atoms with Crippen molar-refractivity contribution in [1.29, 1.82) is 0 Å². The highest BCUT2D eigenvalue weighted by molar-refractivity contribution is 7.99. The standard InChI is InChI=1S/C18H14Cl4N4OS/c1-2-26-17(10-3-5-12(20)14(22)7-10)24-25-18(26)28-9-16(27)23-15-8-11(19)4-6-13(15)21/h3-8H,2,9H2,1H3,(H,23,27). The third-order valence-electron chi connectivity index (χ3n) is 3.75. The van der Waals surface area contributed by atoms with Crippen LogP contribution in [0.4, 0.5) is 5.69 Å². The first-order valence-corrected chi connectivity index (χ1v) is 10.6. The van der Waals surface area contributed by atoms with Gasteiger partial charge in [-0.05, 0) is 43.3 Å². The minimum atomic E-state index is -0.226. The zero-order chi connectivity index (χ0) is 20.3. The molecule has 3 aromatic rings. The molecule has 0 fully saturated rings. The molecule has 1 aromatic heterocycles. The van der Waals surface area contributed by atoms with Crippen molar-refractivity contribution >= 4 is 69.8 Å². The van der Waals surface area contributed by atoms with E-state index in [4.69, 9.17) is 46.4 Å². The maximum Gasteiger partial charge on any atom is 0.234 e. The van der Waals surface area contributed by atoms with E-state index in [0.29, 0.717) is 43.3 Å². The van der Waals surface area contributed by atoms with Gasteiger partial charge in [-0.2, -0.15) is 0 Å². The highest BCUT2D eigenvalue weighted by atomic mass is 35.5. The van der Waals surface area contributed by atoms with Crippen molar-refractivity contribution in [3.8, 4) is 11.4 Å². The van der Waals surface area contributed by atoms with Crippen molar-refractivity contribution in [2.45, 2.75) is 18.6 Å². The quantitative estimate of drug-likeness (QED) is 0.424. The van der Waals surface area contributed by atoms with Gasteiger partial charge in [0, 0.05) is 17.1 Å². The highest BCUT2D eigenvalue weighted by Gasteiger charge is 2.16. The lowest BCUT2D eigenvalue weighted by atomic mass is 10.2. The van der Waals surface area contributed by atoms with Crippen LogP contribution in [0.2, 0.25) is 20.1 Å². The van der Waals surface area contributed by atoms with Gasteiger partial charge in [0.15, 0.2) is 11.0 Å². The molecule has 0 aliphatic rings. The van der Waals surface area contributed by atoms with E-state index in [1.54, 1.807) is 30.3 Å². The van der Waals surface area contributed by atoms with E-state index < -0.39 is 0 Å². The Balaban J connectivity index is 1.72. The molecular weight excluding hydrogens is 462 g/mol. The van der Waals surface area contributed by atoms with Crippen molar-refractivity contribution < 1.29 is 4.79 Å². The summed E-state index contributed by atoms with van der Waals surface area (Å²) in [7, 11) is 0. The number of nitrogens with zero attached hydrogens (tertiary/aromatic N) is 3. The first-order chi connectivity index (χ1) is 13.4. The first-order valence-electron chi connectivity index (χ1n) is 8.15. The van der Waals surface area contributed by atoms with Crippen LogP contribution in [-0.2, 0) is 11.3 Å². The average Bonchev–Trinajstić information content (AvgIpc) is 3.08. The van der Waals surface area contributed by atoms with Gasteiger partial charge in [-0.15, -0.1) is 10.2 Å². The smallest absolute Gasteiger partial charge is 0.234 e. The molecule has 0 saturated heterocycles. The fraction of sp³-hybridized carbons (Fsp3) is 0.167. The number of halogens is 4. The fourth-order valence-corrected chi connectivity index (χ4v) is 3.88. The fourth-order valence-electron chi connectivity index (χ4n) is 2.44. The maximum atomic E-state index is 12.3. The number of hydrogen-bond donors (Lipinski definition) is 1. The summed E-state index contributed by atoms with van der Waals surface area (Å²) in [5.74, 6) is 0.570. The zero-order valence-corrected chi connectivity index (χ0v) is 18.4. The maximum absolute atomic E-state index is 12.3. The average molecular weight is 476 g/mol. The summed E-state index contributed by atoms with van der Waals surface area (Å²) in [5, 5.41) is 13.6. The van der Waals surface area contributed by atoms with Gasteiger partial charge in [-0.3, -0.25) is 4.79 Å². The lowest BCUT2D eigenvalue weighted by Crippen LogP contribution is -2.15. The molecule has 2 aromatic carbocycles. The Labute approximate surface area is 186 Å². The highest BCUT2D eigenvalue weighted by Crippen LogP contribution is 2.30. The molecule has 10 heteroatoms. The number of benzene rings is 2. The second-order valence-electron chi connectivity index (χ2n) is 5.64. The predicted octanol–water partition coefficient (Wildman–Crippen LogP) is 6.31. The van der Waals surface area contributed by atoms with Crippen molar-refractivity contribution in [3.63, 3.8) is 0 Å². The molecule has 0 unspecified atom stereocenters. The Morgan fingerprint density at radius 2 is 1.79 bits per heavy atom. The van der Waals surface area contributed by atoms with Gasteiger partial charge in [0.2, 0.25) is 5.91 Å². The Kier molecular flexibility index (Phi) is 7.12. The van der Waals surface area contributed by atoms with Gasteiger partial charge in [-0.1, -0.05) is 58.2 Å². The van der Waals surface area contributed by atoms with Crippen LogP contribution in [0.3, 0.4) is 0 Å². The summed E-state index contributed by atoms with van der Waals surface area (Å²) >= 11 is 25.4. The van der Waals surface area contributed by atoms with Crippen LogP contribution >= 0.6 is 58.2 Å². The number of carbonyl (C=O) groups excluding carboxylic acids is 1. The molecule has 28 heavy (non-hydrogen) atoms. The van der Waals surface area contributed by atoms with Crippen molar-refractivity contribution in [1.82, 2.24) is 14.8 Å². The number of amides is 1. The molecule has 0 aliphatic carbocycles. The molecule has 146 valence electrons. The third kappa shape index (κ3) is 4.93. The van der Waals surface area contributed by atoms with Gasteiger partial charge in [0.25, 0.3) is 0 Å². The predicted molar refractivity (Wildman–Crippen MR) is 117 cm³/mol. The van der Waals surface area contributed by atoms with Crippen LogP contribution in [-0.4, -0.2) is 26.4 Å². The van der Waals surface area contributed by atoms with E-state index in [2.05, 4.69) is 15.5 Å². The monoisotopic (exact) mass is 474 g/mol. The number of carbonyl (C=O) groups is 1. The van der Waals surface area contributed by atoms with Crippen molar-refractivity contribution in [3.05, 3.63) is 56.5 Å². The lowest BCUT2D eigenvalue weighted by molar-refractivity contribution is -0.113. The number of nitrogens with one attached hydrogen (secondary N) is 1. The molecule has 3 rings (SSSR count). The third-order valence-corrected chi connectivity index (χ3v) is 6.02. The van der Waals surface area contributed by atoms with E-state index in [1.165, 1.54) is 11.8 Å². The number of hydrogen-bond acceptors (Lipinski definition) is 4. The molecule has 0 aliphatic heterocycles. The minimum absolute atomic E-state index is 0.141. The second-order valence-corrected chi connectivity index (χ2v) is 8.24. The van der Waals surface area contributed by atoms with Gasteiger partial charge in [-0.25, -0.2) is 0 Å². The van der Waals surface area contributed by atoms with Crippen LogP contribution in [0, 0.1) is 0 Å². The second kappa shape index (κ2) is 9.37. The first kappa shape index (κ1) is 21.3. The minimum Gasteiger partial charge on any atom is -0.324 e. The zero-order valence-electron chi connectivity index (χ0n) is 14.5. The molecule has 0 spiro atoms. The molecule has 5 nitrogen and oxygen atoms in total. The Hall–Kier alpha value is -1.44. The van der Waals surface area contributed by atoms with E-state index >= 15 is 0 Å². The van der Waals surface area contributed by atoms with Crippen molar-refractivity contribution in [2.75, 3.05) is 11.1 Å². The van der Waals surface area contributed by atoms with Gasteiger partial charge >= 0.3 is 0 Å². The molecule has 1 heterocycles. The summed E-state index contributed by atoms with van der Waals surface area (Å²) in [5.41, 5.74) is 1.26. The summed E-state index contributed by atoms with van der Waals surface area (Å²) in [6.07, 6.45) is 0. The summed E-state index contributed by atoms with van der Waals surface area (Å²) in [6.45, 7) is 2.60. The normalized spacial score (nSPS) is 10.9. The van der Waals surface area contributed by atoms with Gasteiger partial charge in [0.05, 0.1) is 26.5 Å². The number of rotatable bonds is 6. The van der Waals surface area contributed by atoms with Crippen LogP contribution in [0.5, 0.6) is 0 Å². The van der Waals surface area contributed by atoms with E-state index in [9.17, 15) is 4.79 Å². The molecular formula is C18H14Cl4N4OS. The Morgan fingerprint density at radius 1 is 1.04 bits per heavy atom. The number of aromatic nitrogens is 3. The van der Waals surface area contributed by atoms with Crippen LogP contribution < -0.4 is 5.32 Å². The van der Waals surface area contributed by atoms with Crippen molar-refractivity contribution in [2.24, 2.45) is 0 Å². The van der Waals surface area contributed by atoms with Crippen LogP contribution in [0.25, 0.3) is 11.4 Å². The SMILES string of the molecule is CCn1c(SCC(=O)Nc2cc(Cl)ccc2Cl)nnc1-c1ccc(Cl)c(Cl)c1. The molecule has 0 saturated carbocycles. The van der Waals surface area contributed by atoms with Gasteiger partial charge in [0.1, 0.15) is 0 Å². The van der Waals surface area contributed by atoms with Crippen LogP contribution in [0.1, 0.15) is 6.92 Å². The summed E-state index contributed by atoms with van der Waals surface area (Å²) < 4.78 is 1.91. The number of anilines is 1. The van der Waals surface area contributed by atoms with Gasteiger partial charge < -0.3 is 9.88 Å². The van der Waals surface area contributed by atoms with E-state index in [0.717, 1.165) is 5.56 Å². The van der Waals surface area contributed by atoms with Crippen LogP contribution in [0.15, 0.2) is 41.6 Å². The molecule has 1 N–H and O–H groups in total. The number of thioether (sulfide) groups is 1. The summed E-state index contributed by atoms with van der Waals surface area (Å²) in [4.78, 5) is 12.3. The van der Waals surface area contributed by atoms with E-state index in [-0.39, 0.29) is 11.7 Å². The van der Waals surface area contributed by atoms with E-state index in [1.807, 2.05) is 17.6 Å². The molecule has 0 atom stereocenters. The Bertz CT molecular complexity index is 1020. The largest absolute Gasteiger partial charge is 0.324 e. The molecule has 0 bridgehead atoms. The molecule has 1 amide bonds. The lowest BCUT2D eigenvalue weighted by Gasteiger charge is -2.09.